The maximum Gasteiger partial charge on any atom is 0.264 e. The van der Waals surface area contributed by atoms with Crippen molar-refractivity contribution in [3.05, 3.63) is 95.6 Å². The highest BCUT2D eigenvalue weighted by Gasteiger charge is 2.34. The molecule has 7 nitrogen and oxygen atoms in total. The first kappa shape index (κ1) is 29.9. The summed E-state index contributed by atoms with van der Waals surface area (Å²) in [6.45, 7) is 11.1. The number of carbonyl (C=O) groups excluding carboxylic acids is 2. The van der Waals surface area contributed by atoms with E-state index in [0.717, 1.165) is 21.0 Å². The Hall–Kier alpha value is -3.65. The molecule has 0 heterocycles. The van der Waals surface area contributed by atoms with Crippen LogP contribution in [-0.2, 0) is 26.2 Å². The minimum absolute atomic E-state index is 0.0863. The average Bonchev–Trinajstić information content (AvgIpc) is 2.88. The molecule has 3 rings (SSSR count). The maximum atomic E-state index is 14.1. The second-order valence-electron chi connectivity index (χ2n) is 10.8. The number of nitrogens with zero attached hydrogens (tertiary/aromatic N) is 2. The van der Waals surface area contributed by atoms with Gasteiger partial charge in [0.2, 0.25) is 11.8 Å². The number of hydrogen-bond donors (Lipinski definition) is 1. The van der Waals surface area contributed by atoms with Gasteiger partial charge in [0.05, 0.1) is 10.6 Å². The molecule has 1 atom stereocenters. The van der Waals surface area contributed by atoms with Gasteiger partial charge in [-0.15, -0.1) is 0 Å². The van der Waals surface area contributed by atoms with E-state index in [1.54, 1.807) is 30.3 Å². The second-order valence-corrected chi connectivity index (χ2v) is 12.6. The summed E-state index contributed by atoms with van der Waals surface area (Å²) < 4.78 is 28.9. The van der Waals surface area contributed by atoms with Gasteiger partial charge in [-0.05, 0) is 82.0 Å². The molecule has 0 saturated carbocycles. The summed E-state index contributed by atoms with van der Waals surface area (Å²) in [6.07, 6.45) is 0.371. The Morgan fingerprint density at radius 1 is 0.872 bits per heavy atom. The van der Waals surface area contributed by atoms with Crippen molar-refractivity contribution >= 4 is 27.5 Å². The molecule has 0 aliphatic carbocycles. The van der Waals surface area contributed by atoms with E-state index in [1.807, 2.05) is 77.9 Å². The lowest BCUT2D eigenvalue weighted by atomic mass is 10.1. The zero-order chi connectivity index (χ0) is 28.8. The summed E-state index contributed by atoms with van der Waals surface area (Å²) in [5.41, 5.74) is 2.66. The fourth-order valence-corrected chi connectivity index (χ4v) is 5.71. The monoisotopic (exact) mass is 549 g/mol. The van der Waals surface area contributed by atoms with Gasteiger partial charge in [-0.25, -0.2) is 8.42 Å². The Kier molecular flexibility index (Phi) is 9.56. The fraction of sp³-hybridized carbons (Fsp3) is 0.355. The van der Waals surface area contributed by atoms with E-state index in [0.29, 0.717) is 12.1 Å². The van der Waals surface area contributed by atoms with E-state index < -0.39 is 34.1 Å². The van der Waals surface area contributed by atoms with E-state index in [-0.39, 0.29) is 17.3 Å². The Bertz CT molecular complexity index is 1380. The predicted molar refractivity (Wildman–Crippen MR) is 156 cm³/mol. The quantitative estimate of drug-likeness (QED) is 0.376. The van der Waals surface area contributed by atoms with Crippen LogP contribution in [0, 0.1) is 13.8 Å². The van der Waals surface area contributed by atoms with Crippen LogP contribution in [0.1, 0.15) is 50.8 Å². The topological polar surface area (TPSA) is 86.8 Å². The summed E-state index contributed by atoms with van der Waals surface area (Å²) in [4.78, 5) is 29.0. The molecule has 0 saturated heterocycles. The van der Waals surface area contributed by atoms with Crippen LogP contribution >= 0.6 is 0 Å². The smallest absolute Gasteiger partial charge is 0.264 e. The number of aryl methyl sites for hydroxylation is 2. The first-order chi connectivity index (χ1) is 18.3. The first-order valence-corrected chi connectivity index (χ1v) is 14.6. The molecule has 0 radical (unpaired) electrons. The summed E-state index contributed by atoms with van der Waals surface area (Å²) in [5.74, 6) is -0.745. The van der Waals surface area contributed by atoms with Crippen LogP contribution in [0.25, 0.3) is 0 Å². The van der Waals surface area contributed by atoms with E-state index in [4.69, 9.17) is 0 Å². The van der Waals surface area contributed by atoms with Crippen LogP contribution in [0.5, 0.6) is 0 Å². The van der Waals surface area contributed by atoms with Gasteiger partial charge in [-0.1, -0.05) is 61.5 Å². The highest BCUT2D eigenvalue weighted by Crippen LogP contribution is 2.26. The SMILES string of the molecule is CC[C@H](C(=O)NC(C)(C)C)N(Cc1ccccc1)C(=O)CN(c1ccc(C)c(C)c1)S(=O)(=O)c1ccccc1. The van der Waals surface area contributed by atoms with Gasteiger partial charge in [-0.2, -0.15) is 0 Å². The number of benzene rings is 3. The molecule has 8 heteroatoms. The van der Waals surface area contributed by atoms with Crippen LogP contribution in [0.15, 0.2) is 83.8 Å². The minimum atomic E-state index is -4.08. The van der Waals surface area contributed by atoms with Crippen LogP contribution in [-0.4, -0.2) is 43.3 Å². The summed E-state index contributed by atoms with van der Waals surface area (Å²) in [6, 6.07) is 22.0. The van der Waals surface area contributed by atoms with Crippen LogP contribution in [0.3, 0.4) is 0 Å². The van der Waals surface area contributed by atoms with Crippen molar-refractivity contribution in [2.24, 2.45) is 0 Å². The number of anilines is 1. The Labute approximate surface area is 232 Å². The van der Waals surface area contributed by atoms with Crippen LogP contribution in [0.4, 0.5) is 5.69 Å². The summed E-state index contributed by atoms with van der Waals surface area (Å²) in [7, 11) is -4.08. The lowest BCUT2D eigenvalue weighted by Gasteiger charge is -2.35. The predicted octanol–water partition coefficient (Wildman–Crippen LogP) is 5.22. The van der Waals surface area contributed by atoms with Crippen molar-refractivity contribution in [1.29, 1.82) is 0 Å². The number of rotatable bonds is 10. The van der Waals surface area contributed by atoms with Gasteiger partial charge in [0.1, 0.15) is 12.6 Å². The third-order valence-corrected chi connectivity index (χ3v) is 8.26. The number of hydrogen-bond acceptors (Lipinski definition) is 4. The fourth-order valence-electron chi connectivity index (χ4n) is 4.28. The molecule has 0 fully saturated rings. The Morgan fingerprint density at radius 2 is 1.46 bits per heavy atom. The maximum absolute atomic E-state index is 14.1. The normalized spacial score (nSPS) is 12.5. The zero-order valence-electron chi connectivity index (χ0n) is 23.6. The Balaban J connectivity index is 2.07. The van der Waals surface area contributed by atoms with Gasteiger partial charge < -0.3 is 10.2 Å². The summed E-state index contributed by atoms with van der Waals surface area (Å²) >= 11 is 0. The molecule has 1 N–H and O–H groups in total. The molecular weight excluding hydrogens is 510 g/mol. The van der Waals surface area contributed by atoms with Gasteiger partial charge in [-0.3, -0.25) is 13.9 Å². The highest BCUT2D eigenvalue weighted by molar-refractivity contribution is 7.92. The van der Waals surface area contributed by atoms with Gasteiger partial charge >= 0.3 is 0 Å². The van der Waals surface area contributed by atoms with Crippen molar-refractivity contribution < 1.29 is 18.0 Å². The molecule has 3 aromatic rings. The van der Waals surface area contributed by atoms with Crippen LogP contribution < -0.4 is 9.62 Å². The van der Waals surface area contributed by atoms with Gasteiger partial charge in [0.25, 0.3) is 10.0 Å². The third kappa shape index (κ3) is 7.69. The van der Waals surface area contributed by atoms with Crippen molar-refractivity contribution in [2.75, 3.05) is 10.8 Å². The molecule has 39 heavy (non-hydrogen) atoms. The molecule has 0 aliphatic rings. The van der Waals surface area contributed by atoms with E-state index in [2.05, 4.69) is 5.32 Å². The largest absolute Gasteiger partial charge is 0.350 e. The zero-order valence-corrected chi connectivity index (χ0v) is 24.5. The number of carbonyl (C=O) groups is 2. The lowest BCUT2D eigenvalue weighted by molar-refractivity contribution is -0.141. The van der Waals surface area contributed by atoms with Crippen molar-refractivity contribution in [3.8, 4) is 0 Å². The lowest BCUT2D eigenvalue weighted by Crippen LogP contribution is -2.55. The van der Waals surface area contributed by atoms with Gasteiger partial charge in [0, 0.05) is 12.1 Å². The molecule has 0 aromatic heterocycles. The van der Waals surface area contributed by atoms with E-state index >= 15 is 0 Å². The highest BCUT2D eigenvalue weighted by atomic mass is 32.2. The molecule has 2 amide bonds. The third-order valence-electron chi connectivity index (χ3n) is 6.47. The molecular formula is C31H39N3O4S. The number of sulfonamides is 1. The molecule has 3 aromatic carbocycles. The van der Waals surface area contributed by atoms with Crippen molar-refractivity contribution in [1.82, 2.24) is 10.2 Å². The minimum Gasteiger partial charge on any atom is -0.350 e. The summed E-state index contributed by atoms with van der Waals surface area (Å²) in [5, 5.41) is 2.98. The first-order valence-electron chi connectivity index (χ1n) is 13.1. The van der Waals surface area contributed by atoms with Crippen molar-refractivity contribution in [3.63, 3.8) is 0 Å². The standard InChI is InChI=1S/C31H39N3O4S/c1-7-28(30(36)32-31(4,5)6)33(21-25-14-10-8-11-15-25)29(35)22-34(26-19-18-23(2)24(3)20-26)39(37,38)27-16-12-9-13-17-27/h8-20,28H,7,21-22H2,1-6H3,(H,32,36)/t28-/m1/s1. The molecule has 0 spiro atoms. The average molecular weight is 550 g/mol. The Morgan fingerprint density at radius 3 is 2.00 bits per heavy atom. The van der Waals surface area contributed by atoms with E-state index in [9.17, 15) is 18.0 Å². The molecule has 0 unspecified atom stereocenters. The second kappa shape index (κ2) is 12.5. The molecule has 0 bridgehead atoms. The van der Waals surface area contributed by atoms with E-state index in [1.165, 1.54) is 17.0 Å². The van der Waals surface area contributed by atoms with Crippen LogP contribution in [0.2, 0.25) is 0 Å². The van der Waals surface area contributed by atoms with Gasteiger partial charge in [0.15, 0.2) is 0 Å². The number of amides is 2. The molecule has 0 aliphatic heterocycles. The molecule has 208 valence electrons. The number of nitrogens with one attached hydrogen (secondary N) is 1. The van der Waals surface area contributed by atoms with Crippen molar-refractivity contribution in [2.45, 2.75) is 71.0 Å².